The first-order chi connectivity index (χ1) is 11.7. The fourth-order valence-electron chi connectivity index (χ4n) is 2.15. The Labute approximate surface area is 142 Å². The lowest BCUT2D eigenvalue weighted by atomic mass is 10.3. The summed E-state index contributed by atoms with van der Waals surface area (Å²) in [5.74, 6) is -0.600. The maximum atomic E-state index is 11.8. The van der Waals surface area contributed by atoms with Crippen LogP contribution in [-0.2, 0) is 11.2 Å². The number of fused-ring (bicyclic) bond motifs is 1. The highest BCUT2D eigenvalue weighted by molar-refractivity contribution is 7.18. The van der Waals surface area contributed by atoms with Crippen molar-refractivity contribution in [2.45, 2.75) is 6.42 Å². The van der Waals surface area contributed by atoms with Gasteiger partial charge in [-0.15, -0.1) is 11.3 Å². The van der Waals surface area contributed by atoms with Crippen molar-refractivity contribution in [3.8, 4) is 0 Å². The van der Waals surface area contributed by atoms with E-state index in [0.29, 0.717) is 18.7 Å². The number of para-hydroxylation sites is 1. The summed E-state index contributed by atoms with van der Waals surface area (Å²) in [4.78, 5) is 32.0. The zero-order valence-electron chi connectivity index (χ0n) is 12.9. The number of aromatic nitrogens is 2. The van der Waals surface area contributed by atoms with Gasteiger partial charge in [-0.05, 0) is 24.3 Å². The smallest absolute Gasteiger partial charge is 0.270 e. The summed E-state index contributed by atoms with van der Waals surface area (Å²) in [6.45, 7) is 0.410. The van der Waals surface area contributed by atoms with E-state index in [4.69, 9.17) is 0 Å². The topological polar surface area (TPSA) is 84.0 Å². The average molecular weight is 340 g/mol. The van der Waals surface area contributed by atoms with Crippen LogP contribution in [0.2, 0.25) is 0 Å². The molecule has 0 saturated heterocycles. The van der Waals surface area contributed by atoms with Crippen molar-refractivity contribution in [3.63, 3.8) is 0 Å². The summed E-state index contributed by atoms with van der Waals surface area (Å²) in [5.41, 5.74) is 1.27. The van der Waals surface area contributed by atoms with Gasteiger partial charge in [0.05, 0.1) is 21.8 Å². The van der Waals surface area contributed by atoms with E-state index in [1.54, 1.807) is 29.5 Å². The van der Waals surface area contributed by atoms with E-state index < -0.39 is 0 Å². The van der Waals surface area contributed by atoms with Crippen LogP contribution in [-0.4, -0.2) is 34.9 Å². The molecule has 2 N–H and O–H groups in total. The van der Waals surface area contributed by atoms with Crippen molar-refractivity contribution in [2.75, 3.05) is 13.1 Å². The van der Waals surface area contributed by atoms with Gasteiger partial charge in [-0.2, -0.15) is 0 Å². The number of hydrogen-bond acceptors (Lipinski definition) is 5. The molecule has 2 aromatic heterocycles. The van der Waals surface area contributed by atoms with E-state index >= 15 is 0 Å². The lowest BCUT2D eigenvalue weighted by Gasteiger charge is -2.05. The molecule has 0 aliphatic heterocycles. The first-order valence-corrected chi connectivity index (χ1v) is 8.34. The van der Waals surface area contributed by atoms with Gasteiger partial charge in [-0.1, -0.05) is 18.2 Å². The molecule has 0 radical (unpaired) electrons. The second-order valence-electron chi connectivity index (χ2n) is 5.07. The summed E-state index contributed by atoms with van der Waals surface area (Å²) < 4.78 is 1.14. The van der Waals surface area contributed by atoms with E-state index in [9.17, 15) is 9.59 Å². The number of thiazole rings is 1. The largest absolute Gasteiger partial charge is 0.354 e. The van der Waals surface area contributed by atoms with E-state index in [1.165, 1.54) is 6.20 Å². The van der Waals surface area contributed by atoms with Crippen LogP contribution in [0.15, 0.2) is 48.7 Å². The number of carbonyl (C=O) groups excluding carboxylic acids is 2. The quantitative estimate of drug-likeness (QED) is 0.716. The molecule has 1 aromatic carbocycles. The number of amides is 2. The Morgan fingerprint density at radius 2 is 1.88 bits per heavy atom. The van der Waals surface area contributed by atoms with Crippen LogP contribution < -0.4 is 10.6 Å². The van der Waals surface area contributed by atoms with Crippen molar-refractivity contribution in [1.29, 1.82) is 0 Å². The van der Waals surface area contributed by atoms with E-state index in [2.05, 4.69) is 20.6 Å². The average Bonchev–Trinajstić information content (AvgIpc) is 3.03. The fourth-order valence-corrected chi connectivity index (χ4v) is 3.11. The Bertz CT molecular complexity index is 815. The number of nitrogens with one attached hydrogen (secondary N) is 2. The van der Waals surface area contributed by atoms with Crippen LogP contribution in [0.1, 0.15) is 15.5 Å². The molecule has 0 spiro atoms. The first kappa shape index (κ1) is 16.1. The Morgan fingerprint density at radius 1 is 1.04 bits per heavy atom. The summed E-state index contributed by atoms with van der Waals surface area (Å²) in [7, 11) is 0. The Kier molecular flexibility index (Phi) is 5.12. The molecular weight excluding hydrogens is 324 g/mol. The number of hydrogen-bond donors (Lipinski definition) is 2. The van der Waals surface area contributed by atoms with Crippen molar-refractivity contribution in [1.82, 2.24) is 20.6 Å². The predicted octanol–water partition coefficient (Wildman–Crippen LogP) is 1.78. The molecule has 0 atom stereocenters. The second kappa shape index (κ2) is 7.65. The van der Waals surface area contributed by atoms with Gasteiger partial charge in [0.2, 0.25) is 5.91 Å². The normalized spacial score (nSPS) is 10.5. The van der Waals surface area contributed by atoms with Gasteiger partial charge in [0.1, 0.15) is 5.69 Å². The highest BCUT2D eigenvalue weighted by atomic mass is 32.1. The molecule has 6 nitrogen and oxygen atoms in total. The summed E-state index contributed by atoms with van der Waals surface area (Å²) in [6.07, 6.45) is 2.20. The Hall–Kier alpha value is -2.80. The summed E-state index contributed by atoms with van der Waals surface area (Å²) in [6, 6.07) is 13.0. The fraction of sp³-hybridized carbons (Fsp3) is 0.176. The third kappa shape index (κ3) is 4.14. The summed E-state index contributed by atoms with van der Waals surface area (Å²) >= 11 is 1.62. The van der Waals surface area contributed by atoms with Gasteiger partial charge in [-0.3, -0.25) is 14.6 Å². The monoisotopic (exact) mass is 340 g/mol. The lowest BCUT2D eigenvalue weighted by molar-refractivity contribution is -0.120. The van der Waals surface area contributed by atoms with Crippen molar-refractivity contribution < 1.29 is 9.59 Å². The minimum absolute atomic E-state index is 0.0742. The van der Waals surface area contributed by atoms with E-state index in [1.807, 2.05) is 24.3 Å². The minimum atomic E-state index is -0.364. The predicted molar refractivity (Wildman–Crippen MR) is 92.9 cm³/mol. The maximum Gasteiger partial charge on any atom is 0.270 e. The zero-order valence-corrected chi connectivity index (χ0v) is 13.7. The standard InChI is InChI=1S/C17H16N4O2S/c22-15(11-20-17(23)13-6-3-4-9-18-13)19-10-8-16-21-12-5-1-2-7-14(12)24-16/h1-7,9H,8,10-11H2,(H,19,22)(H,20,23). The highest BCUT2D eigenvalue weighted by Gasteiger charge is 2.09. The number of nitrogens with zero attached hydrogens (tertiary/aromatic N) is 2. The van der Waals surface area contributed by atoms with Gasteiger partial charge < -0.3 is 10.6 Å². The highest BCUT2D eigenvalue weighted by Crippen LogP contribution is 2.21. The number of pyridine rings is 1. The van der Waals surface area contributed by atoms with Crippen LogP contribution >= 0.6 is 11.3 Å². The minimum Gasteiger partial charge on any atom is -0.354 e. The third-order valence-corrected chi connectivity index (χ3v) is 4.40. The molecule has 0 aliphatic rings. The van der Waals surface area contributed by atoms with Gasteiger partial charge >= 0.3 is 0 Å². The van der Waals surface area contributed by atoms with Crippen LogP contribution in [0.4, 0.5) is 0 Å². The van der Waals surface area contributed by atoms with Crippen LogP contribution in [0.5, 0.6) is 0 Å². The molecule has 2 heterocycles. The number of rotatable bonds is 6. The Balaban J connectivity index is 1.42. The SMILES string of the molecule is O=C(CNC(=O)c1ccccn1)NCCc1nc2ccccc2s1. The van der Waals surface area contributed by atoms with Gasteiger partial charge in [-0.25, -0.2) is 4.98 Å². The molecule has 0 bridgehead atoms. The molecule has 0 saturated carbocycles. The van der Waals surface area contributed by atoms with Crippen molar-refractivity contribution >= 4 is 33.4 Å². The third-order valence-electron chi connectivity index (χ3n) is 3.31. The number of carbonyl (C=O) groups is 2. The Morgan fingerprint density at radius 3 is 2.67 bits per heavy atom. The van der Waals surface area contributed by atoms with Crippen LogP contribution in [0.25, 0.3) is 10.2 Å². The van der Waals surface area contributed by atoms with Crippen LogP contribution in [0, 0.1) is 0 Å². The van der Waals surface area contributed by atoms with E-state index in [-0.39, 0.29) is 18.4 Å². The molecule has 2 amide bonds. The molecule has 0 aliphatic carbocycles. The summed E-state index contributed by atoms with van der Waals surface area (Å²) in [5, 5.41) is 6.30. The zero-order chi connectivity index (χ0) is 16.8. The molecular formula is C17H16N4O2S. The maximum absolute atomic E-state index is 11.8. The molecule has 122 valence electrons. The van der Waals surface area contributed by atoms with Crippen molar-refractivity contribution in [2.24, 2.45) is 0 Å². The molecule has 3 rings (SSSR count). The van der Waals surface area contributed by atoms with Crippen LogP contribution in [0.3, 0.4) is 0 Å². The number of benzene rings is 1. The lowest BCUT2D eigenvalue weighted by Crippen LogP contribution is -2.37. The molecule has 7 heteroatoms. The van der Waals surface area contributed by atoms with E-state index in [0.717, 1.165) is 15.2 Å². The molecule has 0 fully saturated rings. The first-order valence-electron chi connectivity index (χ1n) is 7.53. The molecule has 24 heavy (non-hydrogen) atoms. The second-order valence-corrected chi connectivity index (χ2v) is 6.19. The molecule has 3 aromatic rings. The molecule has 0 unspecified atom stereocenters. The van der Waals surface area contributed by atoms with Gasteiger partial charge in [0, 0.05) is 19.2 Å². The van der Waals surface area contributed by atoms with Gasteiger partial charge in [0.15, 0.2) is 0 Å². The van der Waals surface area contributed by atoms with Gasteiger partial charge in [0.25, 0.3) is 5.91 Å². The van der Waals surface area contributed by atoms with Crippen molar-refractivity contribution in [3.05, 3.63) is 59.4 Å².